The molecule has 0 spiro atoms. The van der Waals surface area contributed by atoms with Crippen molar-refractivity contribution in [3.05, 3.63) is 66.1 Å². The second-order valence-corrected chi connectivity index (χ2v) is 7.84. The quantitative estimate of drug-likeness (QED) is 0.477. The van der Waals surface area contributed by atoms with Crippen LogP contribution in [-0.4, -0.2) is 26.4 Å². The minimum Gasteiger partial charge on any atom is -0.469 e. The molecule has 2 aromatic carbocycles. The minimum atomic E-state index is -0.0853. The summed E-state index contributed by atoms with van der Waals surface area (Å²) in [6.07, 6.45) is 1.63. The topological polar surface area (TPSA) is 72.9 Å². The number of hydrogen-bond acceptors (Lipinski definition) is 5. The number of thioether (sulfide) groups is 1. The predicted molar refractivity (Wildman–Crippen MR) is 115 cm³/mol. The maximum Gasteiger partial charge on any atom is 0.230 e. The van der Waals surface area contributed by atoms with Gasteiger partial charge in [-0.25, -0.2) is 0 Å². The summed E-state index contributed by atoms with van der Waals surface area (Å²) in [5, 5.41) is 14.6. The molecule has 0 aliphatic heterocycles. The lowest BCUT2D eigenvalue weighted by molar-refractivity contribution is -0.119. The summed E-state index contributed by atoms with van der Waals surface area (Å²) < 4.78 is 7.22. The summed E-state index contributed by atoms with van der Waals surface area (Å²) in [4.78, 5) is 12.5. The smallest absolute Gasteiger partial charge is 0.230 e. The Morgan fingerprint density at radius 2 is 1.97 bits per heavy atom. The van der Waals surface area contributed by atoms with Crippen LogP contribution < -0.4 is 5.32 Å². The molecule has 1 amide bonds. The van der Waals surface area contributed by atoms with E-state index >= 15 is 0 Å². The van der Waals surface area contributed by atoms with Crippen molar-refractivity contribution in [3.63, 3.8) is 0 Å². The number of nitrogens with one attached hydrogen (secondary N) is 1. The Morgan fingerprint density at radius 3 is 2.76 bits per heavy atom. The molecule has 1 atom stereocenters. The van der Waals surface area contributed by atoms with Crippen LogP contribution in [0.1, 0.15) is 24.3 Å². The molecular weight excluding hydrogens is 384 g/mol. The number of rotatable bonds is 6. The Balaban J connectivity index is 1.42. The summed E-state index contributed by atoms with van der Waals surface area (Å²) >= 11 is 1.37. The summed E-state index contributed by atoms with van der Waals surface area (Å²) in [5.74, 6) is 1.74. The number of aromatic nitrogens is 3. The van der Waals surface area contributed by atoms with Crippen molar-refractivity contribution in [1.29, 1.82) is 0 Å². The number of amides is 1. The first kappa shape index (κ1) is 19.3. The van der Waals surface area contributed by atoms with E-state index in [1.54, 1.807) is 6.26 Å². The maximum absolute atomic E-state index is 12.5. The van der Waals surface area contributed by atoms with E-state index < -0.39 is 0 Å². The van der Waals surface area contributed by atoms with E-state index in [-0.39, 0.29) is 17.7 Å². The summed E-state index contributed by atoms with van der Waals surface area (Å²) in [5.41, 5.74) is 2.01. The lowest BCUT2D eigenvalue weighted by Gasteiger charge is -2.16. The Kier molecular flexibility index (Phi) is 5.40. The predicted octanol–water partition coefficient (Wildman–Crippen LogP) is 4.51. The van der Waals surface area contributed by atoms with Crippen LogP contribution in [0.4, 0.5) is 0 Å². The highest BCUT2D eigenvalue weighted by Crippen LogP contribution is 2.27. The van der Waals surface area contributed by atoms with Gasteiger partial charge in [-0.05, 0) is 36.2 Å². The van der Waals surface area contributed by atoms with Crippen molar-refractivity contribution in [2.24, 2.45) is 7.05 Å². The average molecular weight is 407 g/mol. The first-order chi connectivity index (χ1) is 14.0. The van der Waals surface area contributed by atoms with E-state index in [2.05, 4.69) is 39.8 Å². The molecule has 2 aromatic heterocycles. The number of carbonyl (C=O) groups excluding carboxylic acids is 1. The third-order valence-electron chi connectivity index (χ3n) is 4.93. The Bertz CT molecular complexity index is 1160. The van der Waals surface area contributed by atoms with Crippen molar-refractivity contribution < 1.29 is 9.21 Å². The number of furan rings is 1. The molecule has 0 unspecified atom stereocenters. The summed E-state index contributed by atoms with van der Waals surface area (Å²) in [6, 6.07) is 16.1. The zero-order chi connectivity index (χ0) is 20.4. The van der Waals surface area contributed by atoms with Crippen molar-refractivity contribution in [2.45, 2.75) is 25.0 Å². The van der Waals surface area contributed by atoms with Gasteiger partial charge in [-0.1, -0.05) is 54.2 Å². The molecule has 0 saturated heterocycles. The van der Waals surface area contributed by atoms with Crippen molar-refractivity contribution in [3.8, 4) is 11.4 Å². The van der Waals surface area contributed by atoms with Crippen LogP contribution in [-0.2, 0) is 11.8 Å². The highest BCUT2D eigenvalue weighted by Gasteiger charge is 2.17. The normalized spacial score (nSPS) is 12.2. The molecule has 0 fully saturated rings. The van der Waals surface area contributed by atoms with Gasteiger partial charge >= 0.3 is 0 Å². The van der Waals surface area contributed by atoms with Crippen molar-refractivity contribution in [1.82, 2.24) is 20.1 Å². The largest absolute Gasteiger partial charge is 0.469 e. The number of benzene rings is 2. The number of nitrogens with zero attached hydrogens (tertiary/aromatic N) is 3. The summed E-state index contributed by atoms with van der Waals surface area (Å²) in [6.45, 7) is 3.89. The van der Waals surface area contributed by atoms with Crippen LogP contribution in [0.3, 0.4) is 0 Å². The van der Waals surface area contributed by atoms with Gasteiger partial charge in [0.05, 0.1) is 23.6 Å². The second-order valence-electron chi connectivity index (χ2n) is 6.90. The van der Waals surface area contributed by atoms with Crippen molar-refractivity contribution in [2.75, 3.05) is 5.75 Å². The Labute approximate surface area is 173 Å². The lowest BCUT2D eigenvalue weighted by Crippen LogP contribution is -2.28. The van der Waals surface area contributed by atoms with E-state index in [9.17, 15) is 4.79 Å². The standard InChI is InChI=1S/C22H22N4O2S/c1-14(17-10-6-8-16-7-4-5-9-19(16)17)23-20(27)13-29-22-25-24-21(26(22)3)18-11-12-28-15(18)2/h4-12,14H,13H2,1-3H3,(H,23,27)/t14-/m0/s1. The third-order valence-corrected chi connectivity index (χ3v) is 5.95. The van der Waals surface area contributed by atoms with E-state index in [0.717, 1.165) is 28.1 Å². The lowest BCUT2D eigenvalue weighted by atomic mass is 10.00. The number of carbonyl (C=O) groups is 1. The monoisotopic (exact) mass is 406 g/mol. The van der Waals surface area contributed by atoms with Gasteiger partial charge in [-0.3, -0.25) is 4.79 Å². The fourth-order valence-electron chi connectivity index (χ4n) is 3.41. The van der Waals surface area contributed by atoms with Gasteiger partial charge in [0.1, 0.15) is 5.76 Å². The molecule has 2 heterocycles. The number of hydrogen-bond donors (Lipinski definition) is 1. The van der Waals surface area contributed by atoms with Gasteiger partial charge in [0.2, 0.25) is 5.91 Å². The SMILES string of the molecule is Cc1occc1-c1nnc(SCC(=O)N[C@@H](C)c2cccc3ccccc23)n1C. The van der Waals surface area contributed by atoms with Gasteiger partial charge in [0.25, 0.3) is 0 Å². The molecule has 7 heteroatoms. The molecule has 29 heavy (non-hydrogen) atoms. The van der Waals surface area contributed by atoms with E-state index in [1.165, 1.54) is 17.1 Å². The van der Waals surface area contributed by atoms with Gasteiger partial charge in [-0.15, -0.1) is 10.2 Å². The number of fused-ring (bicyclic) bond motifs is 1. The van der Waals surface area contributed by atoms with E-state index in [1.807, 2.05) is 49.7 Å². The highest BCUT2D eigenvalue weighted by molar-refractivity contribution is 7.99. The van der Waals surface area contributed by atoms with Crippen LogP contribution in [0.15, 0.2) is 64.4 Å². The first-order valence-electron chi connectivity index (χ1n) is 9.38. The van der Waals surface area contributed by atoms with Gasteiger partial charge < -0.3 is 14.3 Å². The van der Waals surface area contributed by atoms with Crippen molar-refractivity contribution >= 4 is 28.4 Å². The van der Waals surface area contributed by atoms with E-state index in [0.29, 0.717) is 5.16 Å². The first-order valence-corrected chi connectivity index (χ1v) is 10.4. The zero-order valence-electron chi connectivity index (χ0n) is 16.5. The molecule has 0 saturated carbocycles. The van der Waals surface area contributed by atoms with Crippen LogP contribution in [0.5, 0.6) is 0 Å². The summed E-state index contributed by atoms with van der Waals surface area (Å²) in [7, 11) is 1.89. The van der Waals surface area contributed by atoms with Crippen LogP contribution in [0.2, 0.25) is 0 Å². The minimum absolute atomic E-state index is 0.0422. The maximum atomic E-state index is 12.5. The molecule has 0 aliphatic rings. The molecule has 1 N–H and O–H groups in total. The van der Waals surface area contributed by atoms with Crippen LogP contribution in [0, 0.1) is 6.92 Å². The van der Waals surface area contributed by atoms with Crippen LogP contribution in [0.25, 0.3) is 22.2 Å². The molecule has 148 valence electrons. The highest BCUT2D eigenvalue weighted by atomic mass is 32.2. The molecule has 0 aliphatic carbocycles. The van der Waals surface area contributed by atoms with Crippen LogP contribution >= 0.6 is 11.8 Å². The average Bonchev–Trinajstić information content (AvgIpc) is 3.30. The Hall–Kier alpha value is -3.06. The van der Waals surface area contributed by atoms with Gasteiger partial charge in [0, 0.05) is 7.05 Å². The van der Waals surface area contributed by atoms with Gasteiger partial charge in [-0.2, -0.15) is 0 Å². The third kappa shape index (κ3) is 3.91. The second kappa shape index (κ2) is 8.13. The molecule has 6 nitrogen and oxygen atoms in total. The fraction of sp³-hybridized carbons (Fsp3) is 0.227. The molecule has 0 radical (unpaired) electrons. The molecule has 4 rings (SSSR count). The van der Waals surface area contributed by atoms with Gasteiger partial charge in [0.15, 0.2) is 11.0 Å². The van der Waals surface area contributed by atoms with E-state index in [4.69, 9.17) is 4.42 Å². The molecule has 4 aromatic rings. The number of aryl methyl sites for hydroxylation is 1. The molecule has 0 bridgehead atoms. The Morgan fingerprint density at radius 1 is 1.17 bits per heavy atom. The fourth-order valence-corrected chi connectivity index (χ4v) is 4.13. The zero-order valence-corrected chi connectivity index (χ0v) is 17.4. The molecular formula is C22H22N4O2S.